The van der Waals surface area contributed by atoms with Crippen LogP contribution in [0.5, 0.6) is 0 Å². The van der Waals surface area contributed by atoms with Gasteiger partial charge in [0.15, 0.2) is 0 Å². The quantitative estimate of drug-likeness (QED) is 0.434. The summed E-state index contributed by atoms with van der Waals surface area (Å²) < 4.78 is 5.46. The third-order valence-electron chi connectivity index (χ3n) is 5.77. The molecule has 3 aromatic rings. The summed E-state index contributed by atoms with van der Waals surface area (Å²) in [5.74, 6) is -0.0186. The van der Waals surface area contributed by atoms with Crippen LogP contribution < -0.4 is 5.32 Å². The molecule has 1 amide bonds. The molecule has 0 spiro atoms. The molecule has 0 saturated carbocycles. The number of benzene rings is 2. The highest BCUT2D eigenvalue weighted by Crippen LogP contribution is 2.44. The van der Waals surface area contributed by atoms with E-state index in [1.807, 2.05) is 24.3 Å². The zero-order chi connectivity index (χ0) is 22.5. The van der Waals surface area contributed by atoms with E-state index < -0.39 is 18.3 Å². The average molecular weight is 434 g/mol. The molecule has 4 rings (SSSR count). The van der Waals surface area contributed by atoms with Gasteiger partial charge in [-0.2, -0.15) is 0 Å². The highest BCUT2D eigenvalue weighted by Gasteiger charge is 2.29. The Bertz CT molecular complexity index is 1020. The van der Waals surface area contributed by atoms with Gasteiger partial charge in [-0.15, -0.1) is 0 Å². The topological polar surface area (TPSA) is 112 Å². The van der Waals surface area contributed by atoms with Gasteiger partial charge >= 0.3 is 6.09 Å². The van der Waals surface area contributed by atoms with Crippen molar-refractivity contribution in [2.75, 3.05) is 13.2 Å². The van der Waals surface area contributed by atoms with Crippen LogP contribution >= 0.6 is 0 Å². The monoisotopic (exact) mass is 434 g/mol. The third-order valence-corrected chi connectivity index (χ3v) is 5.77. The summed E-state index contributed by atoms with van der Waals surface area (Å²) in [6.45, 7) is 0.175. The Morgan fingerprint density at radius 2 is 1.66 bits per heavy atom. The van der Waals surface area contributed by atoms with Crippen molar-refractivity contribution in [2.45, 2.75) is 31.2 Å². The first-order valence-corrected chi connectivity index (χ1v) is 10.6. The first-order chi connectivity index (χ1) is 15.6. The second-order valence-corrected chi connectivity index (χ2v) is 7.79. The lowest BCUT2D eigenvalue weighted by atomic mass is 9.98. The Balaban J connectivity index is 1.27. The molecule has 0 radical (unpaired) electrons. The number of aliphatic hydroxyl groups excluding tert-OH is 3. The number of nitrogens with zero attached hydrogens (tertiary/aromatic N) is 1. The summed E-state index contributed by atoms with van der Waals surface area (Å²) in [5, 5.41) is 32.1. The van der Waals surface area contributed by atoms with Gasteiger partial charge in [-0.05, 0) is 34.7 Å². The molecule has 1 aliphatic carbocycles. The number of aliphatic hydroxyl groups is 3. The number of hydrogen-bond acceptors (Lipinski definition) is 6. The minimum Gasteiger partial charge on any atom is -0.449 e. The van der Waals surface area contributed by atoms with Crippen LogP contribution in [0.4, 0.5) is 4.79 Å². The summed E-state index contributed by atoms with van der Waals surface area (Å²) in [4.78, 5) is 16.2. The summed E-state index contributed by atoms with van der Waals surface area (Å²) in [6.07, 6.45) is -1.22. The van der Waals surface area contributed by atoms with E-state index in [0.717, 1.165) is 22.3 Å². The van der Waals surface area contributed by atoms with Crippen LogP contribution in [0.3, 0.4) is 0 Å². The minimum absolute atomic E-state index is 0.0186. The van der Waals surface area contributed by atoms with Gasteiger partial charge in [-0.3, -0.25) is 4.98 Å². The van der Waals surface area contributed by atoms with Crippen molar-refractivity contribution in [3.05, 3.63) is 89.2 Å². The number of hydrogen-bond donors (Lipinski definition) is 4. The van der Waals surface area contributed by atoms with Crippen molar-refractivity contribution in [1.29, 1.82) is 0 Å². The predicted octanol–water partition coefficient (Wildman–Crippen LogP) is 2.90. The number of carbonyl (C=O) groups is 1. The summed E-state index contributed by atoms with van der Waals surface area (Å²) in [7, 11) is 0. The zero-order valence-electron chi connectivity index (χ0n) is 17.5. The molecule has 1 aromatic heterocycles. The zero-order valence-corrected chi connectivity index (χ0v) is 17.5. The van der Waals surface area contributed by atoms with Crippen LogP contribution in [0.15, 0.2) is 66.9 Å². The second kappa shape index (κ2) is 9.91. The number of fused-ring (bicyclic) bond motifs is 3. The van der Waals surface area contributed by atoms with E-state index in [1.54, 1.807) is 12.1 Å². The standard InChI is InChI=1S/C25H26N2O5/c28-14-17-10-9-16(13-27-17)24(30)23(29)11-12-26-25(31)32-15-22-20-7-3-1-5-18(20)19-6-2-4-8-21(19)22/h1-10,13,22-24,28-30H,11-12,14-15H2,(H,26,31). The highest BCUT2D eigenvalue weighted by molar-refractivity contribution is 5.79. The number of amides is 1. The molecule has 0 bridgehead atoms. The van der Waals surface area contributed by atoms with Crippen molar-refractivity contribution in [2.24, 2.45) is 0 Å². The second-order valence-electron chi connectivity index (χ2n) is 7.79. The molecular weight excluding hydrogens is 408 g/mol. The van der Waals surface area contributed by atoms with Crippen LogP contribution in [-0.2, 0) is 11.3 Å². The van der Waals surface area contributed by atoms with Gasteiger partial charge in [-0.25, -0.2) is 4.79 Å². The van der Waals surface area contributed by atoms with Crippen LogP contribution in [0, 0.1) is 0 Å². The molecule has 2 atom stereocenters. The minimum atomic E-state index is -1.14. The Morgan fingerprint density at radius 3 is 2.25 bits per heavy atom. The maximum atomic E-state index is 12.2. The van der Waals surface area contributed by atoms with Crippen molar-refractivity contribution < 1.29 is 24.9 Å². The molecule has 4 N–H and O–H groups in total. The molecule has 32 heavy (non-hydrogen) atoms. The largest absolute Gasteiger partial charge is 0.449 e. The van der Waals surface area contributed by atoms with Gasteiger partial charge in [-0.1, -0.05) is 54.6 Å². The van der Waals surface area contributed by atoms with E-state index in [0.29, 0.717) is 11.3 Å². The summed E-state index contributed by atoms with van der Waals surface area (Å²) in [5.41, 5.74) is 5.52. The lowest BCUT2D eigenvalue weighted by Crippen LogP contribution is -2.30. The molecule has 1 aliphatic rings. The number of carbonyl (C=O) groups excluding carboxylic acids is 1. The number of aromatic nitrogens is 1. The Morgan fingerprint density at radius 1 is 1.00 bits per heavy atom. The van der Waals surface area contributed by atoms with E-state index in [9.17, 15) is 15.0 Å². The fourth-order valence-corrected chi connectivity index (χ4v) is 4.06. The molecule has 7 heteroatoms. The molecule has 1 heterocycles. The van der Waals surface area contributed by atoms with Crippen molar-refractivity contribution >= 4 is 6.09 Å². The summed E-state index contributed by atoms with van der Waals surface area (Å²) >= 11 is 0. The molecule has 2 aromatic carbocycles. The van der Waals surface area contributed by atoms with Gasteiger partial charge in [0.05, 0.1) is 18.4 Å². The van der Waals surface area contributed by atoms with Gasteiger partial charge in [0.2, 0.25) is 0 Å². The molecule has 0 aliphatic heterocycles. The number of ether oxygens (including phenoxy) is 1. The third kappa shape index (κ3) is 4.65. The number of pyridine rings is 1. The van der Waals surface area contributed by atoms with Gasteiger partial charge in [0.1, 0.15) is 12.7 Å². The fraction of sp³-hybridized carbons (Fsp3) is 0.280. The van der Waals surface area contributed by atoms with E-state index in [-0.39, 0.29) is 32.1 Å². The van der Waals surface area contributed by atoms with Gasteiger partial charge in [0, 0.05) is 24.2 Å². The molecule has 0 saturated heterocycles. The molecule has 0 fully saturated rings. The first-order valence-electron chi connectivity index (χ1n) is 10.6. The molecule has 166 valence electrons. The number of alkyl carbamates (subject to hydrolysis) is 1. The van der Waals surface area contributed by atoms with Crippen molar-refractivity contribution in [3.63, 3.8) is 0 Å². The van der Waals surface area contributed by atoms with E-state index in [1.165, 1.54) is 6.20 Å². The SMILES string of the molecule is O=C(NCCC(O)C(O)c1ccc(CO)nc1)OCC1c2ccccc2-c2ccccc21. The lowest BCUT2D eigenvalue weighted by Gasteiger charge is -2.18. The Hall–Kier alpha value is -3.26. The number of rotatable bonds is 8. The first kappa shape index (κ1) is 22.0. The summed E-state index contributed by atoms with van der Waals surface area (Å²) in [6, 6.07) is 19.4. The lowest BCUT2D eigenvalue weighted by molar-refractivity contribution is 0.0134. The van der Waals surface area contributed by atoms with Crippen LogP contribution in [0.25, 0.3) is 11.1 Å². The van der Waals surface area contributed by atoms with E-state index >= 15 is 0 Å². The maximum absolute atomic E-state index is 12.2. The van der Waals surface area contributed by atoms with E-state index in [2.05, 4.69) is 34.6 Å². The van der Waals surface area contributed by atoms with Crippen LogP contribution in [0.1, 0.15) is 40.8 Å². The van der Waals surface area contributed by atoms with Crippen molar-refractivity contribution in [1.82, 2.24) is 10.3 Å². The average Bonchev–Trinajstić information content (AvgIpc) is 3.16. The Labute approximate surface area is 186 Å². The molecular formula is C25H26N2O5. The smallest absolute Gasteiger partial charge is 0.407 e. The molecule has 7 nitrogen and oxygen atoms in total. The van der Waals surface area contributed by atoms with Gasteiger partial charge < -0.3 is 25.4 Å². The van der Waals surface area contributed by atoms with Crippen LogP contribution in [-0.4, -0.2) is 45.7 Å². The van der Waals surface area contributed by atoms with Crippen LogP contribution in [0.2, 0.25) is 0 Å². The predicted molar refractivity (Wildman–Crippen MR) is 119 cm³/mol. The highest BCUT2D eigenvalue weighted by atomic mass is 16.5. The number of nitrogens with one attached hydrogen (secondary N) is 1. The van der Waals surface area contributed by atoms with E-state index in [4.69, 9.17) is 9.84 Å². The molecule has 2 unspecified atom stereocenters. The Kier molecular flexibility index (Phi) is 6.80. The van der Waals surface area contributed by atoms with Crippen molar-refractivity contribution in [3.8, 4) is 11.1 Å². The van der Waals surface area contributed by atoms with Gasteiger partial charge in [0.25, 0.3) is 0 Å². The fourth-order valence-electron chi connectivity index (χ4n) is 4.06. The maximum Gasteiger partial charge on any atom is 0.407 e. The normalized spacial score (nSPS) is 14.3.